The highest BCUT2D eigenvalue weighted by atomic mass is 16.6. The monoisotopic (exact) mass is 126 g/mol. The van der Waals surface area contributed by atoms with E-state index in [1.807, 2.05) is 12.2 Å². The first kappa shape index (κ1) is 5.45. The molecule has 2 heteroatoms. The van der Waals surface area contributed by atoms with Crippen LogP contribution in [0.4, 0.5) is 0 Å². The molecule has 0 amide bonds. The average molecular weight is 126 g/mol. The quantitative estimate of drug-likeness (QED) is 0.374. The summed E-state index contributed by atoms with van der Waals surface area (Å²) in [6.07, 6.45) is 3.92. The minimum absolute atomic E-state index is 0.116. The molecule has 4 atom stereocenters. The lowest BCUT2D eigenvalue weighted by Crippen LogP contribution is -2.21. The van der Waals surface area contributed by atoms with Crippen LogP contribution in [0.25, 0.3) is 0 Å². The van der Waals surface area contributed by atoms with E-state index in [0.717, 1.165) is 0 Å². The third-order valence-corrected chi connectivity index (χ3v) is 2.03. The number of hydrogen-bond donors (Lipinski definition) is 1. The zero-order valence-electron chi connectivity index (χ0n) is 5.32. The van der Waals surface area contributed by atoms with Gasteiger partial charge in [0.15, 0.2) is 0 Å². The second-order valence-corrected chi connectivity index (χ2v) is 2.80. The Morgan fingerprint density at radius 2 is 2.11 bits per heavy atom. The van der Waals surface area contributed by atoms with Gasteiger partial charge in [-0.1, -0.05) is 19.1 Å². The summed E-state index contributed by atoms with van der Waals surface area (Å²) in [5, 5.41) is 9.13. The number of ether oxygens (including phenoxy) is 1. The Balaban J connectivity index is 2.15. The van der Waals surface area contributed by atoms with Crippen LogP contribution in [-0.2, 0) is 4.74 Å². The Labute approximate surface area is 54.1 Å². The number of fused-ring (bicyclic) bond motifs is 1. The molecule has 50 valence electrons. The first-order valence-corrected chi connectivity index (χ1v) is 3.31. The average Bonchev–Trinajstić information content (AvgIpc) is 2.57. The van der Waals surface area contributed by atoms with Gasteiger partial charge in [-0.25, -0.2) is 0 Å². The predicted molar refractivity (Wildman–Crippen MR) is 33.0 cm³/mol. The van der Waals surface area contributed by atoms with E-state index in [-0.39, 0.29) is 12.2 Å². The van der Waals surface area contributed by atoms with Gasteiger partial charge in [0.2, 0.25) is 0 Å². The first-order chi connectivity index (χ1) is 4.29. The van der Waals surface area contributed by atoms with Gasteiger partial charge < -0.3 is 9.84 Å². The summed E-state index contributed by atoms with van der Waals surface area (Å²) in [5.41, 5.74) is 0. The van der Waals surface area contributed by atoms with Crippen molar-refractivity contribution in [3.63, 3.8) is 0 Å². The number of aliphatic hydroxyl groups is 1. The molecule has 2 nitrogen and oxygen atoms in total. The Hall–Kier alpha value is -0.340. The highest BCUT2D eigenvalue weighted by molar-refractivity contribution is 5.13. The fourth-order valence-electron chi connectivity index (χ4n) is 1.34. The van der Waals surface area contributed by atoms with Crippen molar-refractivity contribution in [1.29, 1.82) is 0 Å². The van der Waals surface area contributed by atoms with Crippen LogP contribution in [0.2, 0.25) is 0 Å². The summed E-state index contributed by atoms with van der Waals surface area (Å²) in [6.45, 7) is 2.10. The molecule has 1 N–H and O–H groups in total. The second-order valence-electron chi connectivity index (χ2n) is 2.80. The molecule has 4 unspecified atom stereocenters. The lowest BCUT2D eigenvalue weighted by molar-refractivity contribution is 0.178. The third-order valence-electron chi connectivity index (χ3n) is 2.03. The largest absolute Gasteiger partial charge is 0.386 e. The van der Waals surface area contributed by atoms with Crippen LogP contribution in [-0.4, -0.2) is 23.4 Å². The fraction of sp³-hybridized carbons (Fsp3) is 0.714. The Morgan fingerprint density at radius 1 is 1.33 bits per heavy atom. The SMILES string of the molecule is CC1C=CC(O)C2OC12. The zero-order valence-corrected chi connectivity index (χ0v) is 5.32. The molecular formula is C7H10O2. The van der Waals surface area contributed by atoms with Gasteiger partial charge in [0.05, 0.1) is 6.10 Å². The molecule has 0 aromatic carbocycles. The van der Waals surface area contributed by atoms with E-state index in [1.165, 1.54) is 0 Å². The van der Waals surface area contributed by atoms with Gasteiger partial charge in [-0.05, 0) is 0 Å². The fourth-order valence-corrected chi connectivity index (χ4v) is 1.34. The van der Waals surface area contributed by atoms with Crippen molar-refractivity contribution in [2.75, 3.05) is 0 Å². The maximum absolute atomic E-state index is 9.13. The van der Waals surface area contributed by atoms with Gasteiger partial charge in [0.25, 0.3) is 0 Å². The molecule has 0 saturated carbocycles. The number of rotatable bonds is 0. The van der Waals surface area contributed by atoms with Crippen LogP contribution in [0.5, 0.6) is 0 Å². The summed E-state index contributed by atoms with van der Waals surface area (Å²) in [5.74, 6) is 0.499. The molecule has 2 aliphatic rings. The molecule has 0 radical (unpaired) electrons. The van der Waals surface area contributed by atoms with Crippen LogP contribution < -0.4 is 0 Å². The molecule has 1 aliphatic carbocycles. The highest BCUT2D eigenvalue weighted by Crippen LogP contribution is 2.36. The van der Waals surface area contributed by atoms with Crippen LogP contribution in [0.15, 0.2) is 12.2 Å². The first-order valence-electron chi connectivity index (χ1n) is 3.31. The summed E-state index contributed by atoms with van der Waals surface area (Å²) in [6, 6.07) is 0. The highest BCUT2D eigenvalue weighted by Gasteiger charge is 2.48. The minimum atomic E-state index is -0.341. The maximum Gasteiger partial charge on any atom is 0.114 e. The normalized spacial score (nSPS) is 54.9. The van der Waals surface area contributed by atoms with Gasteiger partial charge in [0, 0.05) is 5.92 Å². The lowest BCUT2D eigenvalue weighted by atomic mass is 9.96. The van der Waals surface area contributed by atoms with Gasteiger partial charge in [-0.15, -0.1) is 0 Å². The molecule has 0 bridgehead atoms. The van der Waals surface area contributed by atoms with Gasteiger partial charge in [-0.2, -0.15) is 0 Å². The Bertz CT molecular complexity index is 137. The standard InChI is InChI=1S/C7H10O2/c1-4-2-3-5(8)7-6(4)9-7/h2-8H,1H3. The van der Waals surface area contributed by atoms with E-state index in [9.17, 15) is 0 Å². The van der Waals surface area contributed by atoms with Gasteiger partial charge in [-0.3, -0.25) is 0 Å². The molecule has 1 heterocycles. The van der Waals surface area contributed by atoms with Crippen LogP contribution in [0.3, 0.4) is 0 Å². The molecule has 1 saturated heterocycles. The van der Waals surface area contributed by atoms with Crippen molar-refractivity contribution in [3.8, 4) is 0 Å². The number of hydrogen-bond acceptors (Lipinski definition) is 2. The van der Waals surface area contributed by atoms with Gasteiger partial charge >= 0.3 is 0 Å². The van der Waals surface area contributed by atoms with E-state index >= 15 is 0 Å². The van der Waals surface area contributed by atoms with Crippen molar-refractivity contribution in [2.45, 2.75) is 25.2 Å². The molecule has 9 heavy (non-hydrogen) atoms. The smallest absolute Gasteiger partial charge is 0.114 e. The molecular weight excluding hydrogens is 116 g/mol. The van der Waals surface area contributed by atoms with E-state index in [2.05, 4.69) is 6.92 Å². The van der Waals surface area contributed by atoms with Gasteiger partial charge in [0.1, 0.15) is 12.2 Å². The molecule has 0 aromatic rings. The summed E-state index contributed by atoms with van der Waals surface area (Å²) in [4.78, 5) is 0. The molecule has 2 rings (SSSR count). The zero-order chi connectivity index (χ0) is 6.43. The van der Waals surface area contributed by atoms with E-state index in [4.69, 9.17) is 9.84 Å². The minimum Gasteiger partial charge on any atom is -0.386 e. The van der Waals surface area contributed by atoms with E-state index < -0.39 is 0 Å². The van der Waals surface area contributed by atoms with Crippen molar-refractivity contribution in [1.82, 2.24) is 0 Å². The molecule has 0 spiro atoms. The molecule has 1 aliphatic heterocycles. The summed E-state index contributed by atoms with van der Waals surface area (Å²) >= 11 is 0. The van der Waals surface area contributed by atoms with E-state index in [1.54, 1.807) is 0 Å². The summed E-state index contributed by atoms with van der Waals surface area (Å²) in [7, 11) is 0. The van der Waals surface area contributed by atoms with E-state index in [0.29, 0.717) is 12.0 Å². The second kappa shape index (κ2) is 1.58. The Kier molecular flexibility index (Phi) is 0.957. The Morgan fingerprint density at radius 3 is 2.78 bits per heavy atom. The van der Waals surface area contributed by atoms with Crippen molar-refractivity contribution >= 4 is 0 Å². The third kappa shape index (κ3) is 0.705. The van der Waals surface area contributed by atoms with Crippen LogP contribution in [0.1, 0.15) is 6.92 Å². The predicted octanol–water partition coefficient (Wildman–Crippen LogP) is 0.321. The molecule has 1 fully saturated rings. The van der Waals surface area contributed by atoms with Crippen molar-refractivity contribution in [2.24, 2.45) is 5.92 Å². The maximum atomic E-state index is 9.13. The van der Waals surface area contributed by atoms with Crippen molar-refractivity contribution in [3.05, 3.63) is 12.2 Å². The number of aliphatic hydroxyl groups excluding tert-OH is 1. The van der Waals surface area contributed by atoms with Crippen LogP contribution >= 0.6 is 0 Å². The topological polar surface area (TPSA) is 32.8 Å². The number of epoxide rings is 1. The van der Waals surface area contributed by atoms with Crippen LogP contribution in [0, 0.1) is 5.92 Å². The molecule has 0 aromatic heterocycles. The van der Waals surface area contributed by atoms with Crippen molar-refractivity contribution < 1.29 is 9.84 Å². The lowest BCUT2D eigenvalue weighted by Gasteiger charge is -2.09. The summed E-state index contributed by atoms with van der Waals surface area (Å²) < 4.78 is 5.19.